The van der Waals surface area contributed by atoms with Gasteiger partial charge in [0.1, 0.15) is 11.5 Å². The fourth-order valence-corrected chi connectivity index (χ4v) is 1.14. The Morgan fingerprint density at radius 1 is 1.50 bits per heavy atom. The molecule has 78 valence electrons. The molecule has 0 unspecified atom stereocenters. The number of hydrogen-bond acceptors (Lipinski definition) is 1. The first kappa shape index (κ1) is 13.7. The zero-order valence-corrected chi connectivity index (χ0v) is 10.9. The van der Waals surface area contributed by atoms with E-state index in [4.69, 9.17) is 5.73 Å². The largest absolute Gasteiger partial charge is 1.00 e. The first-order chi connectivity index (χ1) is 6.13. The molecule has 1 aromatic carbocycles. The monoisotopic (exact) mass is 326 g/mol. The second kappa shape index (κ2) is 6.23. The second-order valence-corrected chi connectivity index (χ2v) is 3.51. The Morgan fingerprint density at radius 2 is 2.14 bits per heavy atom. The van der Waals surface area contributed by atoms with Crippen molar-refractivity contribution >= 4 is 22.6 Å². The van der Waals surface area contributed by atoms with Crippen LogP contribution in [0.25, 0.3) is 0 Å². The van der Waals surface area contributed by atoms with E-state index < -0.39 is 0 Å². The summed E-state index contributed by atoms with van der Waals surface area (Å²) >= 11 is 1.42. The van der Waals surface area contributed by atoms with Crippen molar-refractivity contribution in [1.82, 2.24) is 0 Å². The van der Waals surface area contributed by atoms with Crippen LogP contribution >= 0.6 is 11.8 Å². The van der Waals surface area contributed by atoms with Gasteiger partial charge in [-0.05, 0) is 48.7 Å². The Hall–Kier alpha value is -0.300. The minimum Gasteiger partial charge on any atom is -1.00 e. The second-order valence-electron chi connectivity index (χ2n) is 2.66. The van der Waals surface area contributed by atoms with E-state index in [1.54, 1.807) is 19.1 Å². The van der Waals surface area contributed by atoms with Crippen molar-refractivity contribution in [3.63, 3.8) is 0 Å². The molecule has 0 radical (unpaired) electrons. The van der Waals surface area contributed by atoms with Crippen LogP contribution in [0.4, 0.5) is 10.1 Å². The average Bonchev–Trinajstić information content (AvgIpc) is 2.11. The minimum atomic E-state index is -0.201. The molecule has 1 aromatic rings. The van der Waals surface area contributed by atoms with Crippen LogP contribution < -0.4 is 34.7 Å². The summed E-state index contributed by atoms with van der Waals surface area (Å²) in [4.78, 5) is 2.95. The number of nitrogens with one attached hydrogen (secondary N) is 1. The van der Waals surface area contributed by atoms with E-state index in [2.05, 4.69) is 4.99 Å². The van der Waals surface area contributed by atoms with Crippen LogP contribution in [-0.2, 0) is 0 Å². The van der Waals surface area contributed by atoms with E-state index >= 15 is 0 Å². The summed E-state index contributed by atoms with van der Waals surface area (Å²) in [6.07, 6.45) is 1.87. The molecule has 0 bridgehead atoms. The lowest BCUT2D eigenvalue weighted by Crippen LogP contribution is -3.00. The van der Waals surface area contributed by atoms with Crippen molar-refractivity contribution in [2.45, 2.75) is 6.92 Å². The Kier molecular flexibility index (Phi) is 6.10. The maximum Gasteiger partial charge on any atom is 0.306 e. The topological polar surface area (TPSA) is 40.0 Å². The van der Waals surface area contributed by atoms with Gasteiger partial charge in [-0.2, -0.15) is 0 Å². The van der Waals surface area contributed by atoms with Crippen LogP contribution in [0, 0.1) is 12.7 Å². The summed E-state index contributed by atoms with van der Waals surface area (Å²) in [7, 11) is 0. The number of benzene rings is 1. The van der Waals surface area contributed by atoms with Crippen LogP contribution in [0.3, 0.4) is 0 Å². The molecule has 0 spiro atoms. The third-order valence-corrected chi connectivity index (χ3v) is 2.19. The lowest BCUT2D eigenvalue weighted by molar-refractivity contribution is -0.351. The standard InChI is InChI=1S/C9H11FN2S.HI/c1-6-5-7(3-4-8(6)10)12-9(11)13-2;/h3-5H,1-2H3,(H2,11,12);1H. The van der Waals surface area contributed by atoms with Gasteiger partial charge in [-0.3, -0.25) is 5.73 Å². The maximum absolute atomic E-state index is 12.8. The summed E-state index contributed by atoms with van der Waals surface area (Å²) in [5.41, 5.74) is 6.99. The van der Waals surface area contributed by atoms with E-state index in [0.29, 0.717) is 10.7 Å². The van der Waals surface area contributed by atoms with Crippen molar-refractivity contribution in [3.05, 3.63) is 29.6 Å². The molecule has 0 aliphatic rings. The summed E-state index contributed by atoms with van der Waals surface area (Å²) in [6, 6.07) is 4.80. The van der Waals surface area contributed by atoms with Gasteiger partial charge < -0.3 is 24.0 Å². The predicted molar refractivity (Wildman–Crippen MR) is 54.5 cm³/mol. The fraction of sp³-hybridized carbons (Fsp3) is 0.222. The van der Waals surface area contributed by atoms with Gasteiger partial charge in [0.25, 0.3) is 0 Å². The Morgan fingerprint density at radius 3 is 2.64 bits per heavy atom. The third-order valence-electron chi connectivity index (χ3n) is 1.65. The van der Waals surface area contributed by atoms with Gasteiger partial charge in [0, 0.05) is 0 Å². The van der Waals surface area contributed by atoms with Gasteiger partial charge in [0.2, 0.25) is 0 Å². The van der Waals surface area contributed by atoms with Crippen LogP contribution in [0.15, 0.2) is 18.2 Å². The Bertz CT molecular complexity index is 342. The van der Waals surface area contributed by atoms with Crippen molar-refractivity contribution in [1.29, 1.82) is 0 Å². The molecule has 0 aromatic heterocycles. The van der Waals surface area contributed by atoms with Crippen LogP contribution in [0.2, 0.25) is 0 Å². The smallest absolute Gasteiger partial charge is 0.306 e. The highest BCUT2D eigenvalue weighted by molar-refractivity contribution is 8.12. The predicted octanol–water partition coefficient (Wildman–Crippen LogP) is -2.47. The SMILES string of the molecule is CSC(N)=[NH+]c1ccc(F)c(C)c1.[I-]. The number of halogens is 2. The molecular weight excluding hydrogens is 314 g/mol. The number of amidine groups is 1. The first-order valence-electron chi connectivity index (χ1n) is 3.83. The highest BCUT2D eigenvalue weighted by Gasteiger charge is 2.00. The number of nitrogens with two attached hydrogens (primary N) is 1. The molecule has 0 atom stereocenters. The van der Waals surface area contributed by atoms with E-state index in [1.165, 1.54) is 17.8 Å². The normalized spacial score (nSPS) is 10.9. The van der Waals surface area contributed by atoms with Gasteiger partial charge in [0.05, 0.1) is 0 Å². The summed E-state index contributed by atoms with van der Waals surface area (Å²) in [6.45, 7) is 1.72. The van der Waals surface area contributed by atoms with Gasteiger partial charge in [-0.15, -0.1) is 0 Å². The lowest BCUT2D eigenvalue weighted by atomic mass is 10.2. The van der Waals surface area contributed by atoms with Crippen LogP contribution in [0.5, 0.6) is 0 Å². The Balaban J connectivity index is 0.00000169. The molecule has 0 aliphatic carbocycles. The molecule has 5 heteroatoms. The van der Waals surface area contributed by atoms with Crippen molar-refractivity contribution < 1.29 is 33.4 Å². The van der Waals surface area contributed by atoms with E-state index in [0.717, 1.165) is 5.69 Å². The molecule has 3 N–H and O–H groups in total. The summed E-state index contributed by atoms with van der Waals surface area (Å²) in [5.74, 6) is -0.201. The molecule has 0 aliphatic heterocycles. The quantitative estimate of drug-likeness (QED) is 0.341. The highest BCUT2D eigenvalue weighted by Crippen LogP contribution is 2.08. The molecular formula is C9H12FIN2S. The van der Waals surface area contributed by atoms with Crippen molar-refractivity contribution in [2.75, 3.05) is 6.26 Å². The van der Waals surface area contributed by atoms with Gasteiger partial charge in [0.15, 0.2) is 0 Å². The Labute approximate surface area is 104 Å². The summed E-state index contributed by atoms with van der Waals surface area (Å²) in [5, 5.41) is 0.603. The highest BCUT2D eigenvalue weighted by atomic mass is 127. The maximum atomic E-state index is 12.8. The first-order valence-corrected chi connectivity index (χ1v) is 5.05. The number of hydrogen-bond donors (Lipinski definition) is 2. The number of aryl methyl sites for hydroxylation is 1. The summed E-state index contributed by atoms with van der Waals surface area (Å²) < 4.78 is 12.8. The lowest BCUT2D eigenvalue weighted by Gasteiger charge is -1.96. The van der Waals surface area contributed by atoms with Gasteiger partial charge in [-0.1, -0.05) is 0 Å². The van der Waals surface area contributed by atoms with Crippen molar-refractivity contribution in [2.24, 2.45) is 5.73 Å². The van der Waals surface area contributed by atoms with E-state index in [1.807, 2.05) is 6.26 Å². The van der Waals surface area contributed by atoms with Crippen molar-refractivity contribution in [3.8, 4) is 0 Å². The van der Waals surface area contributed by atoms with Crippen LogP contribution in [-0.4, -0.2) is 11.4 Å². The van der Waals surface area contributed by atoms with Gasteiger partial charge in [-0.25, -0.2) is 9.38 Å². The van der Waals surface area contributed by atoms with E-state index in [9.17, 15) is 4.39 Å². The van der Waals surface area contributed by atoms with Gasteiger partial charge >= 0.3 is 5.17 Å². The minimum absolute atomic E-state index is 0. The average molecular weight is 326 g/mol. The number of rotatable bonds is 1. The molecule has 0 saturated heterocycles. The van der Waals surface area contributed by atoms with E-state index in [-0.39, 0.29) is 29.8 Å². The molecule has 2 nitrogen and oxygen atoms in total. The third kappa shape index (κ3) is 3.83. The molecule has 0 heterocycles. The zero-order chi connectivity index (χ0) is 9.84. The fourth-order valence-electron chi connectivity index (χ4n) is 0.916. The molecule has 0 fully saturated rings. The molecule has 0 amide bonds. The molecule has 14 heavy (non-hydrogen) atoms. The molecule has 0 saturated carbocycles. The number of thioether (sulfide) groups is 1. The zero-order valence-electron chi connectivity index (χ0n) is 7.97. The van der Waals surface area contributed by atoms with Crippen LogP contribution in [0.1, 0.15) is 5.56 Å². The molecule has 1 rings (SSSR count).